The number of rotatable bonds is 7. The van der Waals surface area contributed by atoms with Gasteiger partial charge in [0.15, 0.2) is 0 Å². The normalized spacial score (nSPS) is 11.2. The summed E-state index contributed by atoms with van der Waals surface area (Å²) in [5, 5.41) is 5.44. The van der Waals surface area contributed by atoms with Crippen LogP contribution in [0.15, 0.2) is 42.5 Å². The predicted octanol–water partition coefficient (Wildman–Crippen LogP) is 3.96. The summed E-state index contributed by atoms with van der Waals surface area (Å²) in [6.45, 7) is 2.05. The molecular formula is C20H21F3N2O3. The van der Waals surface area contributed by atoms with Gasteiger partial charge in [-0.05, 0) is 35.7 Å². The van der Waals surface area contributed by atoms with E-state index in [0.717, 1.165) is 11.1 Å². The number of alkyl halides is 3. The first-order chi connectivity index (χ1) is 13.1. The molecule has 2 N–H and O–H groups in total. The minimum atomic E-state index is -4.35. The molecule has 0 heterocycles. The number of hydrogen-bond acceptors (Lipinski definition) is 3. The molecule has 28 heavy (non-hydrogen) atoms. The molecule has 0 saturated heterocycles. The lowest BCUT2D eigenvalue weighted by Crippen LogP contribution is -2.23. The maximum Gasteiger partial charge on any atom is 0.411 e. The van der Waals surface area contributed by atoms with Crippen molar-refractivity contribution < 1.29 is 27.5 Å². The van der Waals surface area contributed by atoms with Gasteiger partial charge in [-0.1, -0.05) is 30.3 Å². The number of benzene rings is 2. The van der Waals surface area contributed by atoms with Crippen molar-refractivity contribution >= 4 is 17.5 Å². The molecule has 0 aliphatic rings. The Hall–Kier alpha value is -2.87. The molecule has 2 amide bonds. The lowest BCUT2D eigenvalue weighted by Gasteiger charge is -2.11. The summed E-state index contributed by atoms with van der Waals surface area (Å²) >= 11 is 0. The van der Waals surface area contributed by atoms with Gasteiger partial charge in [-0.15, -0.1) is 0 Å². The summed E-state index contributed by atoms with van der Waals surface area (Å²) in [5.74, 6) is -0.524. The Morgan fingerprint density at radius 3 is 2.29 bits per heavy atom. The number of ether oxygens (including phenoxy) is 1. The fourth-order valence-corrected chi connectivity index (χ4v) is 2.41. The van der Waals surface area contributed by atoms with Crippen molar-refractivity contribution in [3.63, 3.8) is 0 Å². The van der Waals surface area contributed by atoms with E-state index in [1.807, 2.05) is 6.92 Å². The number of anilines is 1. The average molecular weight is 394 g/mol. The Kier molecular flexibility index (Phi) is 7.17. The maximum absolute atomic E-state index is 12.3. The number of hydrogen-bond donors (Lipinski definition) is 2. The summed E-state index contributed by atoms with van der Waals surface area (Å²) in [5.41, 5.74) is 3.23. The third-order valence-corrected chi connectivity index (χ3v) is 3.82. The van der Waals surface area contributed by atoms with Crippen molar-refractivity contribution in [2.45, 2.75) is 33.2 Å². The molecule has 0 aliphatic carbocycles. The van der Waals surface area contributed by atoms with Crippen LogP contribution in [0.5, 0.6) is 0 Å². The molecule has 0 spiro atoms. The molecule has 150 valence electrons. The van der Waals surface area contributed by atoms with Crippen molar-refractivity contribution in [3.05, 3.63) is 64.7 Å². The Labute approximate surface area is 160 Å². The van der Waals surface area contributed by atoms with E-state index in [-0.39, 0.29) is 25.0 Å². The van der Waals surface area contributed by atoms with Gasteiger partial charge in [0, 0.05) is 24.7 Å². The third-order valence-electron chi connectivity index (χ3n) is 3.82. The van der Waals surface area contributed by atoms with Crippen molar-refractivity contribution in [2.24, 2.45) is 0 Å². The second-order valence-electron chi connectivity index (χ2n) is 6.32. The molecule has 5 nitrogen and oxygen atoms in total. The standard InChI is InChI=1S/C20H21F3N2O3/c1-13-3-8-17(9-18(13)25-14(2)26)19(27)24-10-15-4-6-16(7-5-15)11-28-12-20(21,22)23/h3-9H,10-12H2,1-2H3,(H,24,27)(H,25,26). The van der Waals surface area contributed by atoms with Crippen LogP contribution in [0.25, 0.3) is 0 Å². The van der Waals surface area contributed by atoms with Gasteiger partial charge in [-0.25, -0.2) is 0 Å². The van der Waals surface area contributed by atoms with Crippen LogP contribution in [-0.2, 0) is 22.7 Å². The zero-order valence-corrected chi connectivity index (χ0v) is 15.5. The number of aryl methyl sites for hydroxylation is 1. The smallest absolute Gasteiger partial charge is 0.367 e. The first-order valence-electron chi connectivity index (χ1n) is 8.53. The predicted molar refractivity (Wildman–Crippen MR) is 98.8 cm³/mol. The molecule has 0 aromatic heterocycles. The summed E-state index contributed by atoms with van der Waals surface area (Å²) in [7, 11) is 0. The number of carbonyl (C=O) groups excluding carboxylic acids is 2. The van der Waals surface area contributed by atoms with E-state index < -0.39 is 12.8 Å². The van der Waals surface area contributed by atoms with Crippen molar-refractivity contribution in [1.29, 1.82) is 0 Å². The van der Waals surface area contributed by atoms with Crippen LogP contribution in [0, 0.1) is 6.92 Å². The van der Waals surface area contributed by atoms with E-state index in [4.69, 9.17) is 0 Å². The molecule has 0 unspecified atom stereocenters. The zero-order valence-electron chi connectivity index (χ0n) is 15.5. The van der Waals surface area contributed by atoms with Gasteiger partial charge in [0.1, 0.15) is 6.61 Å². The number of carbonyl (C=O) groups is 2. The van der Waals surface area contributed by atoms with Gasteiger partial charge in [0.2, 0.25) is 5.91 Å². The fourth-order valence-electron chi connectivity index (χ4n) is 2.41. The number of amides is 2. The SMILES string of the molecule is CC(=O)Nc1cc(C(=O)NCc2ccc(COCC(F)(F)F)cc2)ccc1C. The van der Waals surface area contributed by atoms with Gasteiger partial charge < -0.3 is 15.4 Å². The van der Waals surface area contributed by atoms with Crippen LogP contribution >= 0.6 is 0 Å². The highest BCUT2D eigenvalue weighted by Gasteiger charge is 2.27. The maximum atomic E-state index is 12.3. The van der Waals surface area contributed by atoms with Crippen molar-refractivity contribution in [3.8, 4) is 0 Å². The van der Waals surface area contributed by atoms with Gasteiger partial charge in [-0.3, -0.25) is 9.59 Å². The molecule has 0 fully saturated rings. The summed E-state index contributed by atoms with van der Waals surface area (Å²) < 4.78 is 40.8. The van der Waals surface area contributed by atoms with Gasteiger partial charge in [0.05, 0.1) is 6.61 Å². The summed E-state index contributed by atoms with van der Waals surface area (Å²) in [4.78, 5) is 23.5. The Morgan fingerprint density at radius 2 is 1.68 bits per heavy atom. The Balaban J connectivity index is 1.89. The van der Waals surface area contributed by atoms with Crippen molar-refractivity contribution in [1.82, 2.24) is 5.32 Å². The lowest BCUT2D eigenvalue weighted by atomic mass is 10.1. The molecular weight excluding hydrogens is 373 g/mol. The van der Waals surface area contributed by atoms with Gasteiger partial charge in [0.25, 0.3) is 5.91 Å². The summed E-state index contributed by atoms with van der Waals surface area (Å²) in [6, 6.07) is 11.7. The highest BCUT2D eigenvalue weighted by atomic mass is 19.4. The van der Waals surface area contributed by atoms with Crippen LogP contribution in [0.2, 0.25) is 0 Å². The van der Waals surface area contributed by atoms with E-state index in [2.05, 4.69) is 15.4 Å². The number of nitrogens with one attached hydrogen (secondary N) is 2. The summed E-state index contributed by atoms with van der Waals surface area (Å²) in [6.07, 6.45) is -4.35. The third kappa shape index (κ3) is 7.03. The highest BCUT2D eigenvalue weighted by molar-refractivity contribution is 5.97. The quantitative estimate of drug-likeness (QED) is 0.747. The topological polar surface area (TPSA) is 67.4 Å². The Morgan fingerprint density at radius 1 is 1.04 bits per heavy atom. The van der Waals surface area contributed by atoms with Gasteiger partial charge in [-0.2, -0.15) is 13.2 Å². The van der Waals surface area contributed by atoms with Crippen LogP contribution in [0.1, 0.15) is 34.0 Å². The molecule has 0 atom stereocenters. The molecule has 0 saturated carbocycles. The Bertz CT molecular complexity index is 834. The van der Waals surface area contributed by atoms with Crippen molar-refractivity contribution in [2.75, 3.05) is 11.9 Å². The van der Waals surface area contributed by atoms with Crippen LogP contribution in [-0.4, -0.2) is 24.6 Å². The molecule has 2 aromatic rings. The van der Waals surface area contributed by atoms with Crippen LogP contribution in [0.3, 0.4) is 0 Å². The largest absolute Gasteiger partial charge is 0.411 e. The first kappa shape index (κ1) is 21.4. The monoisotopic (exact) mass is 394 g/mol. The van der Waals surface area contributed by atoms with Crippen LogP contribution < -0.4 is 10.6 Å². The van der Waals surface area contributed by atoms with E-state index in [1.165, 1.54) is 6.92 Å². The first-order valence-corrected chi connectivity index (χ1v) is 8.53. The molecule has 2 aromatic carbocycles. The average Bonchev–Trinajstić information content (AvgIpc) is 2.61. The van der Waals surface area contributed by atoms with E-state index in [9.17, 15) is 22.8 Å². The zero-order chi connectivity index (χ0) is 20.7. The van der Waals surface area contributed by atoms with E-state index in [0.29, 0.717) is 16.8 Å². The number of halogens is 3. The molecule has 0 aliphatic heterocycles. The minimum absolute atomic E-state index is 0.137. The van der Waals surface area contributed by atoms with E-state index in [1.54, 1.807) is 42.5 Å². The molecule has 0 bridgehead atoms. The molecule has 8 heteroatoms. The molecule has 0 radical (unpaired) electrons. The molecule has 2 rings (SSSR count). The fraction of sp³-hybridized carbons (Fsp3) is 0.300. The van der Waals surface area contributed by atoms with Gasteiger partial charge >= 0.3 is 6.18 Å². The second-order valence-corrected chi connectivity index (χ2v) is 6.32. The second kappa shape index (κ2) is 9.36. The minimum Gasteiger partial charge on any atom is -0.367 e. The lowest BCUT2D eigenvalue weighted by molar-refractivity contribution is -0.176. The van der Waals surface area contributed by atoms with Crippen LogP contribution in [0.4, 0.5) is 18.9 Å². The van der Waals surface area contributed by atoms with E-state index >= 15 is 0 Å². The highest BCUT2D eigenvalue weighted by Crippen LogP contribution is 2.18.